The Morgan fingerprint density at radius 1 is 0.564 bits per heavy atom. The molecule has 3 saturated heterocycles. The van der Waals surface area contributed by atoms with E-state index in [-0.39, 0.29) is 79.5 Å². The molecule has 3 fully saturated rings. The molecular weight excluding hydrogens is 1050 g/mol. The van der Waals surface area contributed by atoms with E-state index in [1.54, 1.807) is 0 Å². The van der Waals surface area contributed by atoms with E-state index in [0.717, 1.165) is 62.0 Å². The molecule has 2 aromatic heterocycles. The zero-order valence-electron chi connectivity index (χ0n) is 50.6. The fraction of sp³-hybridized carbons (Fsp3) is 0.690. The Labute approximate surface area is 474 Å². The quantitative estimate of drug-likeness (QED) is 0.108. The fourth-order valence-corrected chi connectivity index (χ4v) is 10.3. The monoisotopic (exact) mass is 1140 g/mol. The van der Waals surface area contributed by atoms with Crippen molar-refractivity contribution in [2.45, 2.75) is 234 Å². The largest absolute Gasteiger partial charge is 0.494 e. The molecule has 7 heterocycles. The maximum absolute atomic E-state index is 13.1. The van der Waals surface area contributed by atoms with E-state index < -0.39 is 21.1 Å². The summed E-state index contributed by atoms with van der Waals surface area (Å²) in [4.78, 5) is 39.4. The van der Waals surface area contributed by atoms with Crippen molar-refractivity contribution in [3.8, 4) is 0 Å². The average Bonchev–Trinajstić information content (AvgIpc) is 4.14. The minimum atomic E-state index is -0.476. The number of ketones is 2. The third kappa shape index (κ3) is 13.8. The molecule has 9 rings (SSSR count). The first-order valence-corrected chi connectivity index (χ1v) is 28.9. The number of benzene rings is 2. The van der Waals surface area contributed by atoms with Crippen molar-refractivity contribution < 1.29 is 46.6 Å². The summed E-state index contributed by atoms with van der Waals surface area (Å²) in [6.07, 6.45) is 2.64. The first-order chi connectivity index (χ1) is 36.0. The Hall–Kier alpha value is -3.59. The molecule has 0 N–H and O–H groups in total. The van der Waals surface area contributed by atoms with Crippen molar-refractivity contribution in [3.63, 3.8) is 0 Å². The lowest BCUT2D eigenvalue weighted by Gasteiger charge is -2.32. The number of carbonyl (C=O) groups is 2. The van der Waals surface area contributed by atoms with Crippen molar-refractivity contribution in [3.05, 3.63) is 86.6 Å². The molecule has 2 aromatic carbocycles. The van der Waals surface area contributed by atoms with Crippen LogP contribution in [0.2, 0.25) is 0 Å². The highest BCUT2D eigenvalue weighted by atomic mass is 79.9. The lowest BCUT2D eigenvalue weighted by Crippen LogP contribution is -2.41. The minimum absolute atomic E-state index is 0.0481. The summed E-state index contributed by atoms with van der Waals surface area (Å²) in [7, 11) is -1.35. The molecule has 16 nitrogen and oxygen atoms in total. The molecule has 0 amide bonds. The zero-order valence-corrected chi connectivity index (χ0v) is 52.2. The van der Waals surface area contributed by atoms with Gasteiger partial charge in [0.25, 0.3) is 0 Å². The number of Topliss-reactive ketones (excluding diaryl/α,β-unsaturated/α-hetero) is 2. The molecule has 0 bridgehead atoms. The number of rotatable bonds is 10. The summed E-state index contributed by atoms with van der Waals surface area (Å²) in [6.45, 7) is 46.5. The lowest BCUT2D eigenvalue weighted by atomic mass is 9.49. The van der Waals surface area contributed by atoms with Crippen LogP contribution in [-0.2, 0) is 51.8 Å². The third-order valence-corrected chi connectivity index (χ3v) is 17.7. The first-order valence-electron chi connectivity index (χ1n) is 28.1. The molecular formula is C58H88B3BrN6O10. The van der Waals surface area contributed by atoms with Crippen LogP contribution in [0.3, 0.4) is 0 Å². The van der Waals surface area contributed by atoms with E-state index in [1.165, 1.54) is 22.3 Å². The predicted molar refractivity (Wildman–Crippen MR) is 309 cm³/mol. The highest BCUT2D eigenvalue weighted by Crippen LogP contribution is 2.44. The van der Waals surface area contributed by atoms with Gasteiger partial charge in [-0.3, -0.25) is 19.4 Å². The van der Waals surface area contributed by atoms with Crippen LogP contribution in [-0.4, -0.2) is 123 Å². The fourth-order valence-electron chi connectivity index (χ4n) is 9.90. The number of halogens is 1. The molecule has 5 aliphatic rings. The Balaban J connectivity index is 0.000000178. The number of hydrogen-bond acceptors (Lipinski definition) is 16. The number of hydrogen-bond donors (Lipinski definition) is 0. The van der Waals surface area contributed by atoms with Crippen LogP contribution in [0, 0.1) is 0 Å². The normalized spacial score (nSPS) is 23.3. The number of nitrogens with zero attached hydrogens (tertiary/aromatic N) is 6. The van der Waals surface area contributed by atoms with Gasteiger partial charge in [0.1, 0.15) is 0 Å². The summed E-state index contributed by atoms with van der Waals surface area (Å²) >= 11 is 3.57. The Morgan fingerprint density at radius 2 is 0.923 bits per heavy atom. The summed E-state index contributed by atoms with van der Waals surface area (Å²) in [5.41, 5.74) is 3.27. The van der Waals surface area contributed by atoms with E-state index in [0.29, 0.717) is 24.6 Å². The van der Waals surface area contributed by atoms with Gasteiger partial charge in [0, 0.05) is 41.2 Å². The van der Waals surface area contributed by atoms with Gasteiger partial charge in [0.05, 0.1) is 33.6 Å². The van der Waals surface area contributed by atoms with E-state index in [2.05, 4.69) is 124 Å². The summed E-state index contributed by atoms with van der Waals surface area (Å²) in [6, 6.07) is 12.8. The van der Waals surface area contributed by atoms with Crippen LogP contribution in [0.25, 0.3) is 0 Å². The van der Waals surface area contributed by atoms with Crippen LogP contribution in [0.5, 0.6) is 0 Å². The van der Waals surface area contributed by atoms with Crippen LogP contribution in [0.1, 0.15) is 231 Å². The Kier molecular flexibility index (Phi) is 18.3. The van der Waals surface area contributed by atoms with Crippen LogP contribution in [0.15, 0.2) is 49.9 Å². The van der Waals surface area contributed by atoms with Crippen molar-refractivity contribution in [1.29, 1.82) is 0 Å². The van der Waals surface area contributed by atoms with E-state index in [1.807, 2.05) is 96.9 Å². The van der Waals surface area contributed by atoms with E-state index in [9.17, 15) is 9.59 Å². The maximum atomic E-state index is 13.1. The standard InChI is InChI=1S/C26H38BN3O4.C20H26BrN3O2.C12H24B2O4/c1-9-30-13-12-17(15-21(31)22-28-23(32-29-22)24(2,3)4)20-11-10-19(14-18(20)16-30)27-33-25(5,6)26(7,8)34-27;1-5-24-9-8-13(16-7-6-15(21)10-14(16)12-24)11-17(25)18-22-19(26-23-18)20(2,3)4;1-9(2)10(3,4)16-13(15-9)14-17-11(5,6)12(7,8)18-14/h10-11,14,17H,9,12-13,15-16H2,1-8H3;6-7,10,13H,5,8-9,11-12H2,1-4H3;1-8H3/t17-;13-;/m00./s1. The van der Waals surface area contributed by atoms with Crippen molar-refractivity contribution in [2.75, 3.05) is 26.2 Å². The Bertz CT molecular complexity index is 2680. The van der Waals surface area contributed by atoms with E-state index >= 15 is 0 Å². The molecule has 426 valence electrons. The van der Waals surface area contributed by atoms with Crippen molar-refractivity contribution >= 4 is 54.1 Å². The Morgan fingerprint density at radius 3 is 1.28 bits per heavy atom. The topological polar surface area (TPSA) is 174 Å². The van der Waals surface area contributed by atoms with Gasteiger partial charge in [0.15, 0.2) is 0 Å². The molecule has 0 saturated carbocycles. The smallest absolute Gasteiger partial charge is 0.405 e. The molecule has 0 aliphatic carbocycles. The SMILES string of the molecule is CC1(C)OB(B2OC(C)(C)C(C)(C)O2)OC1(C)C.CCN1CC[C@@H](CC(=O)c2noc(C(C)(C)C)n2)c2ccc(B3OC(C)(C)C(C)(C)O3)cc2C1.CCN1CC[C@@H](CC(=O)c2noc(C(C)(C)C)n2)c2ccc(Br)cc2C1. The molecule has 5 aliphatic heterocycles. The molecule has 0 spiro atoms. The second-order valence-corrected chi connectivity index (χ2v) is 27.9. The second-order valence-electron chi connectivity index (χ2n) is 26.9. The van der Waals surface area contributed by atoms with Crippen molar-refractivity contribution in [2.24, 2.45) is 0 Å². The van der Waals surface area contributed by atoms with Gasteiger partial charge in [-0.25, -0.2) is 0 Å². The predicted octanol–water partition coefficient (Wildman–Crippen LogP) is 11.2. The lowest BCUT2D eigenvalue weighted by molar-refractivity contribution is 0.00578. The van der Waals surface area contributed by atoms with Gasteiger partial charge in [-0.05, 0) is 174 Å². The second kappa shape index (κ2) is 23.0. The van der Waals surface area contributed by atoms with Gasteiger partial charge < -0.3 is 37.0 Å². The van der Waals surface area contributed by atoms with E-state index in [4.69, 9.17) is 37.0 Å². The van der Waals surface area contributed by atoms with Gasteiger partial charge in [0.2, 0.25) is 35.0 Å². The average molecular weight is 1140 g/mol. The molecule has 20 heteroatoms. The van der Waals surface area contributed by atoms with Gasteiger partial charge in [-0.2, -0.15) is 9.97 Å². The van der Waals surface area contributed by atoms with Crippen LogP contribution >= 0.6 is 15.9 Å². The number of fused-ring (bicyclic) bond motifs is 2. The third-order valence-electron chi connectivity index (χ3n) is 17.2. The molecule has 2 atom stereocenters. The summed E-state index contributed by atoms with van der Waals surface area (Å²) < 4.78 is 48.1. The zero-order chi connectivity index (χ0) is 57.8. The first kappa shape index (κ1) is 62.0. The van der Waals surface area contributed by atoms with Crippen LogP contribution < -0.4 is 5.46 Å². The molecule has 78 heavy (non-hydrogen) atoms. The highest BCUT2D eigenvalue weighted by Gasteiger charge is 2.64. The maximum Gasteiger partial charge on any atom is 0.494 e. The van der Waals surface area contributed by atoms with Gasteiger partial charge in [-0.15, -0.1) is 0 Å². The number of carbonyl (C=O) groups excluding carboxylic acids is 2. The molecule has 0 radical (unpaired) electrons. The summed E-state index contributed by atoms with van der Waals surface area (Å²) in [5, 5.41) is 7.89. The number of aromatic nitrogens is 4. The highest BCUT2D eigenvalue weighted by molar-refractivity contribution is 9.10. The van der Waals surface area contributed by atoms with Gasteiger partial charge in [-0.1, -0.05) is 106 Å². The molecule has 0 unspecified atom stereocenters. The van der Waals surface area contributed by atoms with Crippen LogP contribution in [0.4, 0.5) is 0 Å². The van der Waals surface area contributed by atoms with Crippen molar-refractivity contribution in [1.82, 2.24) is 30.1 Å². The van der Waals surface area contributed by atoms with Gasteiger partial charge >= 0.3 is 21.1 Å². The summed E-state index contributed by atoms with van der Waals surface area (Å²) in [5.74, 6) is 1.52. The molecule has 4 aromatic rings. The minimum Gasteiger partial charge on any atom is -0.405 e.